The van der Waals surface area contributed by atoms with Crippen LogP contribution in [0.2, 0.25) is 0 Å². The van der Waals surface area contributed by atoms with Crippen LogP contribution in [-0.2, 0) is 20.7 Å². The minimum atomic E-state index is -0.965. The lowest BCUT2D eigenvalue weighted by atomic mass is 9.90. The van der Waals surface area contributed by atoms with Crippen LogP contribution in [0.25, 0.3) is 0 Å². The third-order valence-corrected chi connectivity index (χ3v) is 3.10. The van der Waals surface area contributed by atoms with Crippen molar-refractivity contribution in [2.75, 3.05) is 0 Å². The van der Waals surface area contributed by atoms with Gasteiger partial charge in [0.1, 0.15) is 17.7 Å². The van der Waals surface area contributed by atoms with Gasteiger partial charge in [-0.15, -0.1) is 0 Å². The standard InChI is InChI=1S/C15H19NO4/c1-15(2,3)20-14(19)12-10-7-5-4-6-9(10)8-11(16-12)13(17)18/h4-7,11-12,16H,8H2,1-3H3,(H,17,18)/t11-,12?/m1/s1. The molecule has 1 aromatic carbocycles. The van der Waals surface area contributed by atoms with Gasteiger partial charge in [0.2, 0.25) is 0 Å². The number of benzene rings is 1. The number of ether oxygens (including phenoxy) is 1. The summed E-state index contributed by atoms with van der Waals surface area (Å²) in [6.07, 6.45) is 0.366. The molecule has 1 aliphatic heterocycles. The second-order valence-corrected chi connectivity index (χ2v) is 5.93. The highest BCUT2D eigenvalue weighted by Gasteiger charge is 2.36. The van der Waals surface area contributed by atoms with Gasteiger partial charge in [0.25, 0.3) is 0 Å². The molecule has 2 N–H and O–H groups in total. The number of carboxylic acids is 1. The van der Waals surface area contributed by atoms with E-state index in [1.54, 1.807) is 20.8 Å². The molecular formula is C15H19NO4. The topological polar surface area (TPSA) is 75.6 Å². The molecule has 0 amide bonds. The summed E-state index contributed by atoms with van der Waals surface area (Å²) >= 11 is 0. The first-order valence-corrected chi connectivity index (χ1v) is 6.57. The van der Waals surface area contributed by atoms with Crippen LogP contribution >= 0.6 is 0 Å². The molecule has 0 spiro atoms. The van der Waals surface area contributed by atoms with Crippen molar-refractivity contribution >= 4 is 11.9 Å². The third kappa shape index (κ3) is 3.17. The van der Waals surface area contributed by atoms with E-state index >= 15 is 0 Å². The number of aliphatic carboxylic acids is 1. The molecule has 0 radical (unpaired) electrons. The molecule has 0 aliphatic carbocycles. The van der Waals surface area contributed by atoms with Crippen LogP contribution in [0.3, 0.4) is 0 Å². The lowest BCUT2D eigenvalue weighted by Gasteiger charge is -2.31. The molecular weight excluding hydrogens is 258 g/mol. The van der Waals surface area contributed by atoms with Crippen molar-refractivity contribution in [1.29, 1.82) is 0 Å². The zero-order chi connectivity index (χ0) is 14.9. The Labute approximate surface area is 117 Å². The van der Waals surface area contributed by atoms with Gasteiger partial charge in [-0.1, -0.05) is 24.3 Å². The quantitative estimate of drug-likeness (QED) is 0.804. The van der Waals surface area contributed by atoms with Crippen LogP contribution in [0.5, 0.6) is 0 Å². The summed E-state index contributed by atoms with van der Waals surface area (Å²) in [5, 5.41) is 12.0. The van der Waals surface area contributed by atoms with E-state index in [-0.39, 0.29) is 0 Å². The van der Waals surface area contributed by atoms with Crippen LogP contribution in [0.4, 0.5) is 0 Å². The third-order valence-electron chi connectivity index (χ3n) is 3.10. The van der Waals surface area contributed by atoms with E-state index in [0.29, 0.717) is 6.42 Å². The van der Waals surface area contributed by atoms with Crippen molar-refractivity contribution in [3.05, 3.63) is 35.4 Å². The van der Waals surface area contributed by atoms with Gasteiger partial charge in [-0.3, -0.25) is 10.1 Å². The lowest BCUT2D eigenvalue weighted by molar-refractivity contribution is -0.158. The van der Waals surface area contributed by atoms with E-state index in [1.807, 2.05) is 24.3 Å². The predicted octanol–water partition coefficient (Wildman–Crippen LogP) is 1.67. The first-order valence-electron chi connectivity index (χ1n) is 6.57. The number of hydrogen-bond acceptors (Lipinski definition) is 4. The lowest BCUT2D eigenvalue weighted by Crippen LogP contribution is -2.48. The number of carboxylic acid groups (broad SMARTS) is 1. The second-order valence-electron chi connectivity index (χ2n) is 5.93. The minimum Gasteiger partial charge on any atom is -0.480 e. The minimum absolute atomic E-state index is 0.366. The Bertz CT molecular complexity index is 533. The number of carbonyl (C=O) groups is 2. The van der Waals surface area contributed by atoms with Gasteiger partial charge in [-0.05, 0) is 38.3 Å². The van der Waals surface area contributed by atoms with Gasteiger partial charge >= 0.3 is 11.9 Å². The van der Waals surface area contributed by atoms with Crippen LogP contribution in [0.1, 0.15) is 37.9 Å². The summed E-state index contributed by atoms with van der Waals surface area (Å²) in [5.41, 5.74) is 1.05. The van der Waals surface area contributed by atoms with Crippen molar-refractivity contribution in [3.8, 4) is 0 Å². The number of carbonyl (C=O) groups excluding carboxylic acids is 1. The largest absolute Gasteiger partial charge is 0.480 e. The summed E-state index contributed by atoms with van der Waals surface area (Å²) in [7, 11) is 0. The van der Waals surface area contributed by atoms with Crippen molar-refractivity contribution in [3.63, 3.8) is 0 Å². The number of nitrogens with one attached hydrogen (secondary N) is 1. The van der Waals surface area contributed by atoms with E-state index in [2.05, 4.69) is 5.32 Å². The highest BCUT2D eigenvalue weighted by Crippen LogP contribution is 2.27. The van der Waals surface area contributed by atoms with E-state index in [1.165, 1.54) is 0 Å². The molecule has 1 aliphatic rings. The highest BCUT2D eigenvalue weighted by atomic mass is 16.6. The fourth-order valence-electron chi connectivity index (χ4n) is 2.29. The Morgan fingerprint density at radius 1 is 1.30 bits per heavy atom. The smallest absolute Gasteiger partial charge is 0.328 e. The Morgan fingerprint density at radius 2 is 1.95 bits per heavy atom. The van der Waals surface area contributed by atoms with Crippen molar-refractivity contribution in [2.45, 2.75) is 44.9 Å². The molecule has 0 saturated carbocycles. The molecule has 1 aromatic rings. The van der Waals surface area contributed by atoms with Gasteiger partial charge < -0.3 is 9.84 Å². The summed E-state index contributed by atoms with van der Waals surface area (Å²) < 4.78 is 5.37. The number of rotatable bonds is 2. The molecule has 108 valence electrons. The van der Waals surface area contributed by atoms with Gasteiger partial charge in [0, 0.05) is 0 Å². The van der Waals surface area contributed by atoms with Gasteiger partial charge in [0.15, 0.2) is 0 Å². The summed E-state index contributed by atoms with van der Waals surface area (Å²) in [4.78, 5) is 23.5. The highest BCUT2D eigenvalue weighted by molar-refractivity contribution is 5.82. The van der Waals surface area contributed by atoms with E-state index < -0.39 is 29.6 Å². The predicted molar refractivity (Wildman–Crippen MR) is 73.3 cm³/mol. The fourth-order valence-corrected chi connectivity index (χ4v) is 2.29. The summed E-state index contributed by atoms with van der Waals surface area (Å²) in [6.45, 7) is 5.36. The molecule has 20 heavy (non-hydrogen) atoms. The first kappa shape index (κ1) is 14.5. The van der Waals surface area contributed by atoms with Crippen LogP contribution in [-0.4, -0.2) is 28.7 Å². The van der Waals surface area contributed by atoms with Crippen molar-refractivity contribution in [1.82, 2.24) is 5.32 Å². The zero-order valence-corrected chi connectivity index (χ0v) is 11.8. The maximum absolute atomic E-state index is 12.3. The monoisotopic (exact) mass is 277 g/mol. The Morgan fingerprint density at radius 3 is 2.55 bits per heavy atom. The second kappa shape index (κ2) is 5.25. The average Bonchev–Trinajstić information content (AvgIpc) is 2.35. The van der Waals surface area contributed by atoms with E-state index in [9.17, 15) is 14.7 Å². The van der Waals surface area contributed by atoms with E-state index in [0.717, 1.165) is 11.1 Å². The molecule has 5 heteroatoms. The molecule has 2 rings (SSSR count). The van der Waals surface area contributed by atoms with E-state index in [4.69, 9.17) is 4.74 Å². The van der Waals surface area contributed by atoms with Crippen molar-refractivity contribution < 1.29 is 19.4 Å². The molecule has 5 nitrogen and oxygen atoms in total. The Balaban J connectivity index is 2.31. The number of fused-ring (bicyclic) bond motifs is 1. The van der Waals surface area contributed by atoms with Gasteiger partial charge in [-0.2, -0.15) is 0 Å². The molecule has 0 saturated heterocycles. The molecule has 0 fully saturated rings. The number of esters is 1. The fraction of sp³-hybridized carbons (Fsp3) is 0.467. The molecule has 0 aromatic heterocycles. The molecule has 0 bridgehead atoms. The Hall–Kier alpha value is -1.88. The maximum atomic E-state index is 12.3. The summed E-state index contributed by atoms with van der Waals surface area (Å²) in [5.74, 6) is -1.41. The maximum Gasteiger partial charge on any atom is 0.328 e. The molecule has 1 unspecified atom stereocenters. The number of hydrogen-bond donors (Lipinski definition) is 2. The summed E-state index contributed by atoms with van der Waals surface area (Å²) in [6, 6.07) is 5.84. The average molecular weight is 277 g/mol. The normalized spacial score (nSPS) is 21.9. The molecule has 2 atom stereocenters. The van der Waals surface area contributed by atoms with Crippen LogP contribution < -0.4 is 5.32 Å². The Kier molecular flexibility index (Phi) is 3.81. The molecule has 1 heterocycles. The van der Waals surface area contributed by atoms with Gasteiger partial charge in [-0.25, -0.2) is 4.79 Å². The van der Waals surface area contributed by atoms with Gasteiger partial charge in [0.05, 0.1) is 0 Å². The zero-order valence-electron chi connectivity index (χ0n) is 11.8. The SMILES string of the molecule is CC(C)(C)OC(=O)C1N[C@@H](C(=O)O)Cc2ccccc21. The van der Waals surface area contributed by atoms with Crippen LogP contribution in [0, 0.1) is 0 Å². The van der Waals surface area contributed by atoms with Crippen LogP contribution in [0.15, 0.2) is 24.3 Å². The first-order chi connectivity index (χ1) is 9.28. The van der Waals surface area contributed by atoms with Crippen molar-refractivity contribution in [2.24, 2.45) is 0 Å².